The van der Waals surface area contributed by atoms with Crippen LogP contribution >= 0.6 is 0 Å². The number of amides is 1. The highest BCUT2D eigenvalue weighted by Gasteiger charge is 2.38. The Bertz CT molecular complexity index is 763. The first-order valence-corrected chi connectivity index (χ1v) is 9.84. The van der Waals surface area contributed by atoms with E-state index in [-0.39, 0.29) is 18.1 Å². The molecule has 6 nitrogen and oxygen atoms in total. The van der Waals surface area contributed by atoms with Gasteiger partial charge in [0.2, 0.25) is 0 Å². The minimum atomic E-state index is -0.0876. The van der Waals surface area contributed by atoms with Gasteiger partial charge in [-0.1, -0.05) is 30.3 Å². The van der Waals surface area contributed by atoms with Crippen molar-refractivity contribution in [1.29, 1.82) is 0 Å². The van der Waals surface area contributed by atoms with Crippen molar-refractivity contribution in [1.82, 2.24) is 19.6 Å². The predicted molar refractivity (Wildman–Crippen MR) is 104 cm³/mol. The third-order valence-electron chi connectivity index (χ3n) is 5.72. The number of benzene rings is 1. The van der Waals surface area contributed by atoms with Crippen molar-refractivity contribution < 1.29 is 9.53 Å². The van der Waals surface area contributed by atoms with E-state index in [9.17, 15) is 4.79 Å². The van der Waals surface area contributed by atoms with E-state index in [1.807, 2.05) is 43.1 Å². The van der Waals surface area contributed by atoms with Crippen molar-refractivity contribution in [2.45, 2.75) is 31.9 Å². The van der Waals surface area contributed by atoms with Gasteiger partial charge in [-0.15, -0.1) is 0 Å². The predicted octanol–water partition coefficient (Wildman–Crippen LogP) is 2.41. The smallest absolute Gasteiger partial charge is 0.275 e. The summed E-state index contributed by atoms with van der Waals surface area (Å²) >= 11 is 0. The number of carbonyl (C=O) groups is 1. The molecule has 1 amide bonds. The van der Waals surface area contributed by atoms with Crippen LogP contribution in [0.3, 0.4) is 0 Å². The number of aryl methyl sites for hydroxylation is 2. The molecule has 2 saturated heterocycles. The van der Waals surface area contributed by atoms with Crippen LogP contribution in [-0.2, 0) is 11.8 Å². The van der Waals surface area contributed by atoms with E-state index in [4.69, 9.17) is 4.74 Å². The maximum absolute atomic E-state index is 13.3. The summed E-state index contributed by atoms with van der Waals surface area (Å²) < 4.78 is 7.95. The van der Waals surface area contributed by atoms with Gasteiger partial charge in [-0.25, -0.2) is 0 Å². The molecule has 0 spiro atoms. The van der Waals surface area contributed by atoms with Crippen LogP contribution in [0.2, 0.25) is 0 Å². The molecule has 2 atom stereocenters. The zero-order chi connectivity index (χ0) is 18.8. The van der Waals surface area contributed by atoms with Crippen molar-refractivity contribution >= 4 is 5.91 Å². The van der Waals surface area contributed by atoms with Crippen LogP contribution in [0.1, 0.15) is 40.6 Å². The zero-order valence-electron chi connectivity index (χ0n) is 16.2. The van der Waals surface area contributed by atoms with Crippen LogP contribution in [0, 0.1) is 6.92 Å². The topological polar surface area (TPSA) is 50.6 Å². The Morgan fingerprint density at radius 3 is 2.59 bits per heavy atom. The summed E-state index contributed by atoms with van der Waals surface area (Å²) in [5, 5.41) is 4.42. The Morgan fingerprint density at radius 2 is 1.93 bits per heavy atom. The lowest BCUT2D eigenvalue weighted by Gasteiger charge is -2.42. The first-order valence-electron chi connectivity index (χ1n) is 9.84. The molecule has 144 valence electrons. The molecule has 0 N–H and O–H groups in total. The fraction of sp³-hybridized carbons (Fsp3) is 0.524. The number of ether oxygens (including phenoxy) is 1. The Labute approximate surface area is 160 Å². The lowest BCUT2D eigenvalue weighted by molar-refractivity contribution is -0.0708. The van der Waals surface area contributed by atoms with Crippen molar-refractivity contribution in [3.63, 3.8) is 0 Å². The van der Waals surface area contributed by atoms with Gasteiger partial charge < -0.3 is 14.5 Å². The molecule has 2 aliphatic heterocycles. The van der Waals surface area contributed by atoms with E-state index >= 15 is 0 Å². The second kappa shape index (κ2) is 7.82. The Kier molecular flexibility index (Phi) is 5.27. The maximum atomic E-state index is 13.3. The minimum Gasteiger partial charge on any atom is -0.373 e. The molecule has 2 fully saturated rings. The third kappa shape index (κ3) is 3.77. The number of nitrogens with zero attached hydrogens (tertiary/aromatic N) is 4. The highest BCUT2D eigenvalue weighted by Crippen LogP contribution is 2.32. The van der Waals surface area contributed by atoms with E-state index in [2.05, 4.69) is 22.1 Å². The van der Waals surface area contributed by atoms with Gasteiger partial charge in [-0.05, 0) is 44.5 Å². The summed E-state index contributed by atoms with van der Waals surface area (Å²) in [6.45, 7) is 6.23. The number of aromatic nitrogens is 2. The molecule has 0 aliphatic carbocycles. The SMILES string of the molecule is Cc1cc(C(=O)N2CCO[C@@H](CN3CCCC3)[C@@H]2c2ccccc2)nn1C. The van der Waals surface area contributed by atoms with E-state index in [0.29, 0.717) is 18.8 Å². The second-order valence-corrected chi connectivity index (χ2v) is 7.57. The molecule has 6 heteroatoms. The summed E-state index contributed by atoms with van der Waals surface area (Å²) in [5.41, 5.74) is 2.62. The highest BCUT2D eigenvalue weighted by atomic mass is 16.5. The van der Waals surface area contributed by atoms with Gasteiger partial charge in [0, 0.05) is 25.8 Å². The average molecular weight is 368 g/mol. The third-order valence-corrected chi connectivity index (χ3v) is 5.72. The summed E-state index contributed by atoms with van der Waals surface area (Å²) in [6.07, 6.45) is 2.48. The van der Waals surface area contributed by atoms with Crippen molar-refractivity contribution in [2.24, 2.45) is 7.05 Å². The van der Waals surface area contributed by atoms with Crippen molar-refractivity contribution in [3.05, 3.63) is 53.3 Å². The lowest BCUT2D eigenvalue weighted by atomic mass is 9.97. The van der Waals surface area contributed by atoms with Crippen LogP contribution < -0.4 is 0 Å². The van der Waals surface area contributed by atoms with E-state index in [1.54, 1.807) is 4.68 Å². The number of likely N-dealkylation sites (tertiary alicyclic amines) is 1. The van der Waals surface area contributed by atoms with Gasteiger partial charge >= 0.3 is 0 Å². The largest absolute Gasteiger partial charge is 0.373 e. The maximum Gasteiger partial charge on any atom is 0.275 e. The van der Waals surface area contributed by atoms with Gasteiger partial charge in [0.15, 0.2) is 5.69 Å². The molecule has 0 unspecified atom stereocenters. The minimum absolute atomic E-state index is 0.0118. The molecular formula is C21H28N4O2. The fourth-order valence-corrected chi connectivity index (χ4v) is 4.19. The molecule has 27 heavy (non-hydrogen) atoms. The zero-order valence-corrected chi connectivity index (χ0v) is 16.2. The van der Waals surface area contributed by atoms with Crippen LogP contribution in [0.5, 0.6) is 0 Å². The molecule has 3 heterocycles. The second-order valence-electron chi connectivity index (χ2n) is 7.57. The van der Waals surface area contributed by atoms with Gasteiger partial charge in [-0.2, -0.15) is 5.10 Å². The molecule has 1 aromatic carbocycles. The first kappa shape index (κ1) is 18.2. The molecule has 2 aliphatic rings. The first-order chi connectivity index (χ1) is 13.1. The molecule has 1 aromatic heterocycles. The fourth-order valence-electron chi connectivity index (χ4n) is 4.19. The van der Waals surface area contributed by atoms with Crippen molar-refractivity contribution in [2.75, 3.05) is 32.8 Å². The van der Waals surface area contributed by atoms with E-state index in [0.717, 1.165) is 30.9 Å². The standard InChI is InChI=1S/C21H28N4O2/c1-16-14-18(22-23(16)2)21(26)25-12-13-27-19(15-24-10-6-7-11-24)20(25)17-8-4-3-5-9-17/h3-5,8-9,14,19-20H,6-7,10-13,15H2,1-2H3/t19-,20-/m0/s1. The van der Waals surface area contributed by atoms with Crippen molar-refractivity contribution in [3.8, 4) is 0 Å². The summed E-state index contributed by atoms with van der Waals surface area (Å²) in [7, 11) is 1.87. The lowest BCUT2D eigenvalue weighted by Crippen LogP contribution is -2.51. The van der Waals surface area contributed by atoms with Crippen LogP contribution in [0.25, 0.3) is 0 Å². The number of hydrogen-bond donors (Lipinski definition) is 0. The van der Waals surface area contributed by atoms with Gasteiger partial charge in [0.05, 0.1) is 18.8 Å². The Morgan fingerprint density at radius 1 is 1.19 bits per heavy atom. The Hall–Kier alpha value is -2.18. The molecule has 0 radical (unpaired) electrons. The highest BCUT2D eigenvalue weighted by molar-refractivity contribution is 5.92. The average Bonchev–Trinajstić information content (AvgIpc) is 3.31. The number of rotatable bonds is 4. The van der Waals surface area contributed by atoms with Gasteiger partial charge in [0.25, 0.3) is 5.91 Å². The van der Waals surface area contributed by atoms with E-state index < -0.39 is 0 Å². The van der Waals surface area contributed by atoms with Crippen LogP contribution in [-0.4, -0.2) is 64.4 Å². The summed E-state index contributed by atoms with van der Waals surface area (Å²) in [4.78, 5) is 17.7. The number of hydrogen-bond acceptors (Lipinski definition) is 4. The van der Waals surface area contributed by atoms with Gasteiger partial charge in [0.1, 0.15) is 0 Å². The molecule has 2 aromatic rings. The monoisotopic (exact) mass is 368 g/mol. The molecule has 0 bridgehead atoms. The molecular weight excluding hydrogens is 340 g/mol. The number of morpholine rings is 1. The van der Waals surface area contributed by atoms with Gasteiger partial charge in [-0.3, -0.25) is 9.48 Å². The van der Waals surface area contributed by atoms with Crippen LogP contribution in [0.15, 0.2) is 36.4 Å². The number of carbonyl (C=O) groups excluding carboxylic acids is 1. The van der Waals surface area contributed by atoms with Crippen LogP contribution in [0.4, 0.5) is 0 Å². The summed E-state index contributed by atoms with van der Waals surface area (Å²) in [5.74, 6) is -0.0118. The molecule has 0 saturated carbocycles. The normalized spacial score (nSPS) is 23.7. The van der Waals surface area contributed by atoms with E-state index in [1.165, 1.54) is 12.8 Å². The molecule has 4 rings (SSSR count). The Balaban J connectivity index is 1.64. The summed E-state index contributed by atoms with van der Waals surface area (Å²) in [6, 6.07) is 12.1. The quantitative estimate of drug-likeness (QED) is 0.832.